The third-order valence-electron chi connectivity index (χ3n) is 4.67. The molecule has 4 heteroatoms. The van der Waals surface area contributed by atoms with Crippen molar-refractivity contribution >= 4 is 6.21 Å². The van der Waals surface area contributed by atoms with Gasteiger partial charge in [-0.05, 0) is 17.2 Å². The molecule has 2 aromatic rings. The van der Waals surface area contributed by atoms with Crippen molar-refractivity contribution in [3.05, 3.63) is 46.5 Å². The first kappa shape index (κ1) is 12.0. The van der Waals surface area contributed by atoms with Crippen LogP contribution >= 0.6 is 0 Å². The Morgan fingerprint density at radius 3 is 3.10 bits per heavy atom. The number of aromatic nitrogens is 2. The van der Waals surface area contributed by atoms with E-state index in [4.69, 9.17) is 0 Å². The van der Waals surface area contributed by atoms with Gasteiger partial charge in [-0.3, -0.25) is 4.99 Å². The summed E-state index contributed by atoms with van der Waals surface area (Å²) in [5, 5.41) is 3.51. The molecule has 0 aromatic carbocycles. The number of hydrogen-bond acceptors (Lipinski definition) is 2. The van der Waals surface area contributed by atoms with Crippen LogP contribution in [0.2, 0.25) is 0 Å². The van der Waals surface area contributed by atoms with E-state index in [2.05, 4.69) is 52.0 Å². The van der Waals surface area contributed by atoms with Crippen LogP contribution in [0, 0.1) is 0 Å². The molecule has 4 heterocycles. The molecule has 1 N–H and O–H groups in total. The predicted molar refractivity (Wildman–Crippen MR) is 80.5 cm³/mol. The zero-order valence-corrected chi connectivity index (χ0v) is 12.1. The summed E-state index contributed by atoms with van der Waals surface area (Å²) in [7, 11) is 4.31. The van der Waals surface area contributed by atoms with Gasteiger partial charge in [0.05, 0.1) is 6.54 Å². The van der Waals surface area contributed by atoms with Crippen molar-refractivity contribution in [3.63, 3.8) is 0 Å². The van der Waals surface area contributed by atoms with E-state index in [1.54, 1.807) is 0 Å². The Morgan fingerprint density at radius 2 is 2.20 bits per heavy atom. The smallest absolute Gasteiger partial charge is 0.0514 e. The summed E-state index contributed by atoms with van der Waals surface area (Å²) in [6.45, 7) is 2.94. The van der Waals surface area contributed by atoms with Gasteiger partial charge in [0.25, 0.3) is 0 Å². The van der Waals surface area contributed by atoms with E-state index in [0.29, 0.717) is 5.92 Å². The highest BCUT2D eigenvalue weighted by atomic mass is 15.0. The van der Waals surface area contributed by atoms with Gasteiger partial charge in [0.1, 0.15) is 0 Å². The highest BCUT2D eigenvalue weighted by molar-refractivity contribution is 5.83. The number of nitrogens with zero attached hydrogens (tertiary/aromatic N) is 3. The van der Waals surface area contributed by atoms with Gasteiger partial charge in [0, 0.05) is 75.1 Å². The minimum Gasteiger partial charge on any atom is -0.354 e. The summed E-state index contributed by atoms with van der Waals surface area (Å²) in [4.78, 5) is 4.58. The minimum atomic E-state index is 0.393. The summed E-state index contributed by atoms with van der Waals surface area (Å²) in [6.07, 6.45) is 7.60. The summed E-state index contributed by atoms with van der Waals surface area (Å²) >= 11 is 0. The van der Waals surface area contributed by atoms with Gasteiger partial charge in [-0.25, -0.2) is 0 Å². The molecule has 0 bridgehead atoms. The molecule has 2 aromatic heterocycles. The number of rotatable bonds is 1. The Hall–Kier alpha value is -1.81. The molecule has 0 spiro atoms. The van der Waals surface area contributed by atoms with Crippen molar-refractivity contribution in [2.75, 3.05) is 13.1 Å². The molecule has 0 fully saturated rings. The van der Waals surface area contributed by atoms with Crippen LogP contribution in [0.5, 0.6) is 0 Å². The molecule has 20 heavy (non-hydrogen) atoms. The number of hydrogen-bond donors (Lipinski definition) is 1. The maximum absolute atomic E-state index is 4.58. The lowest BCUT2D eigenvalue weighted by atomic mass is 9.89. The molecule has 1 atom stereocenters. The van der Waals surface area contributed by atoms with Crippen molar-refractivity contribution in [3.8, 4) is 0 Å². The van der Waals surface area contributed by atoms with Crippen molar-refractivity contribution in [1.29, 1.82) is 0 Å². The van der Waals surface area contributed by atoms with Crippen LogP contribution in [0.15, 0.2) is 23.5 Å². The second kappa shape index (κ2) is 4.35. The molecular formula is C16H20N4. The predicted octanol–water partition coefficient (Wildman–Crippen LogP) is 1.57. The zero-order chi connectivity index (χ0) is 13.7. The fraction of sp³-hybridized carbons (Fsp3) is 0.438. The van der Waals surface area contributed by atoms with E-state index in [1.165, 1.54) is 28.1 Å². The average molecular weight is 268 g/mol. The monoisotopic (exact) mass is 268 g/mol. The van der Waals surface area contributed by atoms with Gasteiger partial charge in [0.15, 0.2) is 0 Å². The number of aryl methyl sites for hydroxylation is 2. The van der Waals surface area contributed by atoms with E-state index < -0.39 is 0 Å². The highest BCUT2D eigenvalue weighted by Gasteiger charge is 2.28. The second-order valence-electron chi connectivity index (χ2n) is 5.86. The zero-order valence-electron chi connectivity index (χ0n) is 12.1. The molecule has 0 saturated heterocycles. The summed E-state index contributed by atoms with van der Waals surface area (Å²) in [5.74, 6) is 0.393. The normalized spacial score (nSPS) is 20.8. The highest BCUT2D eigenvalue weighted by Crippen LogP contribution is 2.35. The van der Waals surface area contributed by atoms with Gasteiger partial charge in [-0.15, -0.1) is 0 Å². The van der Waals surface area contributed by atoms with E-state index in [0.717, 1.165) is 26.1 Å². The van der Waals surface area contributed by atoms with Crippen LogP contribution in [-0.2, 0) is 27.1 Å². The average Bonchev–Trinajstić information content (AvgIpc) is 3.01. The summed E-state index contributed by atoms with van der Waals surface area (Å²) in [6, 6.07) is 2.17. The van der Waals surface area contributed by atoms with Crippen molar-refractivity contribution in [2.24, 2.45) is 19.1 Å². The molecule has 2 aliphatic rings. The van der Waals surface area contributed by atoms with Crippen LogP contribution in [-0.4, -0.2) is 28.4 Å². The van der Waals surface area contributed by atoms with Crippen LogP contribution < -0.4 is 5.32 Å². The van der Waals surface area contributed by atoms with Crippen molar-refractivity contribution in [1.82, 2.24) is 14.5 Å². The molecule has 1 unspecified atom stereocenters. The molecule has 4 nitrogen and oxygen atoms in total. The summed E-state index contributed by atoms with van der Waals surface area (Å²) in [5.41, 5.74) is 7.11. The molecule has 0 radical (unpaired) electrons. The largest absolute Gasteiger partial charge is 0.354 e. The maximum Gasteiger partial charge on any atom is 0.0514 e. The third-order valence-corrected chi connectivity index (χ3v) is 4.67. The summed E-state index contributed by atoms with van der Waals surface area (Å²) < 4.78 is 4.56. The molecular weight excluding hydrogens is 248 g/mol. The van der Waals surface area contributed by atoms with Gasteiger partial charge in [0.2, 0.25) is 0 Å². The molecule has 0 saturated carbocycles. The number of fused-ring (bicyclic) bond motifs is 2. The van der Waals surface area contributed by atoms with Gasteiger partial charge in [-0.2, -0.15) is 0 Å². The van der Waals surface area contributed by atoms with Crippen LogP contribution in [0.1, 0.15) is 34.0 Å². The lowest BCUT2D eigenvalue weighted by molar-refractivity contribution is 0.611. The fourth-order valence-electron chi connectivity index (χ4n) is 3.70. The van der Waals surface area contributed by atoms with E-state index in [-0.39, 0.29) is 0 Å². The van der Waals surface area contributed by atoms with Crippen molar-refractivity contribution < 1.29 is 0 Å². The molecule has 4 rings (SSSR count). The molecule has 0 amide bonds. The topological polar surface area (TPSA) is 34.2 Å². The lowest BCUT2D eigenvalue weighted by Gasteiger charge is -2.23. The quantitative estimate of drug-likeness (QED) is 0.837. The first-order valence-electron chi connectivity index (χ1n) is 7.28. The van der Waals surface area contributed by atoms with Crippen LogP contribution in [0.3, 0.4) is 0 Å². The maximum atomic E-state index is 4.58. The van der Waals surface area contributed by atoms with Gasteiger partial charge >= 0.3 is 0 Å². The Kier molecular flexibility index (Phi) is 2.60. The Balaban J connectivity index is 1.86. The first-order chi connectivity index (χ1) is 9.75. The van der Waals surface area contributed by atoms with Gasteiger partial charge in [-0.1, -0.05) is 0 Å². The number of nitrogens with one attached hydrogen (secondary N) is 1. The number of aliphatic imine (C=N–C) groups is 1. The molecule has 2 aliphatic heterocycles. The van der Waals surface area contributed by atoms with Crippen LogP contribution in [0.25, 0.3) is 0 Å². The molecule has 104 valence electrons. The second-order valence-corrected chi connectivity index (χ2v) is 5.86. The first-order valence-corrected chi connectivity index (χ1v) is 7.28. The van der Waals surface area contributed by atoms with E-state index in [9.17, 15) is 0 Å². The van der Waals surface area contributed by atoms with Gasteiger partial charge < -0.3 is 14.5 Å². The Labute approximate surface area is 119 Å². The Morgan fingerprint density at radius 1 is 1.30 bits per heavy atom. The fourth-order valence-corrected chi connectivity index (χ4v) is 3.70. The van der Waals surface area contributed by atoms with Crippen LogP contribution in [0.4, 0.5) is 0 Å². The standard InChI is InChI=1S/C16H20N4/c1-19-6-4-11-7-18-9-13(16(11)19)14-10-20(2)15-3-5-17-8-12(14)15/h4,6-7,10,13,17H,3,5,8-9H2,1-2H3. The third kappa shape index (κ3) is 1.61. The lowest BCUT2D eigenvalue weighted by Crippen LogP contribution is -2.26. The Bertz CT molecular complexity index is 690. The van der Waals surface area contributed by atoms with E-state index >= 15 is 0 Å². The SMILES string of the molecule is Cn1cc(C2CN=Cc3ccn(C)c32)c2c1CCNC2. The minimum absolute atomic E-state index is 0.393. The van der Waals surface area contributed by atoms with Crippen molar-refractivity contribution in [2.45, 2.75) is 18.9 Å². The molecule has 0 aliphatic carbocycles. The van der Waals surface area contributed by atoms with E-state index in [1.807, 2.05) is 6.21 Å².